The monoisotopic (exact) mass is 410 g/mol. The van der Waals surface area contributed by atoms with Gasteiger partial charge in [0.05, 0.1) is 13.2 Å². The maximum absolute atomic E-state index is 12.7. The molecule has 3 rings (SSSR count). The molecule has 8 heteroatoms. The topological polar surface area (TPSA) is 106 Å². The molecular formula is C22H26N4O4. The molecule has 1 atom stereocenters. The van der Waals surface area contributed by atoms with Crippen LogP contribution in [0.5, 0.6) is 5.88 Å². The number of ether oxygens (including phenoxy) is 1. The van der Waals surface area contributed by atoms with Gasteiger partial charge in [0.25, 0.3) is 12.4 Å². The third-order valence-electron chi connectivity index (χ3n) is 4.48. The quantitative estimate of drug-likeness (QED) is 0.578. The molecule has 0 saturated carbocycles. The van der Waals surface area contributed by atoms with E-state index in [4.69, 9.17) is 14.6 Å². The molecule has 8 nitrogen and oxygen atoms in total. The number of benzene rings is 1. The van der Waals surface area contributed by atoms with E-state index in [1.54, 1.807) is 19.5 Å². The number of aryl methyl sites for hydroxylation is 1. The van der Waals surface area contributed by atoms with Crippen molar-refractivity contribution in [3.63, 3.8) is 0 Å². The number of hydrogen-bond acceptors (Lipinski definition) is 5. The summed E-state index contributed by atoms with van der Waals surface area (Å²) >= 11 is 0. The largest absolute Gasteiger partial charge is 0.483 e. The second-order valence-electron chi connectivity index (χ2n) is 6.48. The summed E-state index contributed by atoms with van der Waals surface area (Å²) in [6, 6.07) is 11.2. The summed E-state index contributed by atoms with van der Waals surface area (Å²) in [7, 11) is 3.53. The van der Waals surface area contributed by atoms with Crippen LogP contribution in [0.1, 0.15) is 42.0 Å². The van der Waals surface area contributed by atoms with Crippen molar-refractivity contribution in [2.75, 3.05) is 7.11 Å². The van der Waals surface area contributed by atoms with E-state index in [0.717, 1.165) is 29.8 Å². The van der Waals surface area contributed by atoms with E-state index in [-0.39, 0.29) is 18.4 Å². The Bertz CT molecular complexity index is 937. The van der Waals surface area contributed by atoms with Crippen LogP contribution in [0, 0.1) is 0 Å². The average molecular weight is 410 g/mol. The fourth-order valence-corrected chi connectivity index (χ4v) is 2.99. The Morgan fingerprint density at radius 2 is 1.87 bits per heavy atom. The van der Waals surface area contributed by atoms with Crippen LogP contribution in [-0.2, 0) is 11.8 Å². The van der Waals surface area contributed by atoms with Gasteiger partial charge in [-0.05, 0) is 30.2 Å². The summed E-state index contributed by atoms with van der Waals surface area (Å²) < 4.78 is 7.03. The molecule has 0 fully saturated rings. The maximum Gasteiger partial charge on any atom is 0.290 e. The molecule has 2 heterocycles. The van der Waals surface area contributed by atoms with E-state index in [2.05, 4.69) is 22.2 Å². The van der Waals surface area contributed by atoms with Crippen LogP contribution >= 0.6 is 0 Å². The summed E-state index contributed by atoms with van der Waals surface area (Å²) in [5, 5.41) is 9.99. The second-order valence-corrected chi connectivity index (χ2v) is 6.48. The van der Waals surface area contributed by atoms with Gasteiger partial charge in [-0.25, -0.2) is 9.97 Å². The van der Waals surface area contributed by atoms with Crippen molar-refractivity contribution in [3.8, 4) is 17.0 Å². The van der Waals surface area contributed by atoms with Crippen LogP contribution in [0.3, 0.4) is 0 Å². The fourth-order valence-electron chi connectivity index (χ4n) is 2.99. The van der Waals surface area contributed by atoms with Crippen LogP contribution in [0.4, 0.5) is 0 Å². The zero-order chi connectivity index (χ0) is 21.9. The average Bonchev–Trinajstić information content (AvgIpc) is 3.20. The van der Waals surface area contributed by atoms with E-state index in [1.807, 2.05) is 54.2 Å². The normalized spacial score (nSPS) is 11.0. The molecule has 1 aromatic carbocycles. The summed E-state index contributed by atoms with van der Waals surface area (Å²) in [4.78, 5) is 29.6. The van der Waals surface area contributed by atoms with Gasteiger partial charge in [-0.1, -0.05) is 25.5 Å². The highest BCUT2D eigenvalue weighted by Gasteiger charge is 2.18. The van der Waals surface area contributed by atoms with Crippen LogP contribution in [-0.4, -0.2) is 39.1 Å². The van der Waals surface area contributed by atoms with Gasteiger partial charge in [0, 0.05) is 42.8 Å². The first kappa shape index (κ1) is 22.6. The Hall–Kier alpha value is -3.68. The van der Waals surface area contributed by atoms with Gasteiger partial charge in [-0.3, -0.25) is 9.59 Å². The molecule has 0 bridgehead atoms. The Labute approximate surface area is 175 Å². The molecule has 3 aromatic rings. The number of amides is 1. The molecule has 2 N–H and O–H groups in total. The van der Waals surface area contributed by atoms with Gasteiger partial charge in [0.15, 0.2) is 0 Å². The van der Waals surface area contributed by atoms with Crippen molar-refractivity contribution in [2.24, 2.45) is 7.05 Å². The lowest BCUT2D eigenvalue weighted by Gasteiger charge is -2.18. The number of carboxylic acid groups (broad SMARTS) is 1. The smallest absolute Gasteiger partial charge is 0.290 e. The molecule has 0 saturated heterocycles. The van der Waals surface area contributed by atoms with Crippen molar-refractivity contribution in [1.82, 2.24) is 19.9 Å². The first-order chi connectivity index (χ1) is 14.5. The lowest BCUT2D eigenvalue weighted by atomic mass is 10.0. The molecule has 1 amide bonds. The third kappa shape index (κ3) is 5.91. The zero-order valence-electron chi connectivity index (χ0n) is 17.3. The first-order valence-corrected chi connectivity index (χ1v) is 9.50. The van der Waals surface area contributed by atoms with Crippen molar-refractivity contribution >= 4 is 12.4 Å². The number of aromatic nitrogens is 3. The van der Waals surface area contributed by atoms with Crippen LogP contribution in [0.25, 0.3) is 11.1 Å². The summed E-state index contributed by atoms with van der Waals surface area (Å²) in [5.41, 5.74) is 2.59. The van der Waals surface area contributed by atoms with Crippen molar-refractivity contribution in [2.45, 2.75) is 25.8 Å². The van der Waals surface area contributed by atoms with E-state index < -0.39 is 0 Å². The summed E-state index contributed by atoms with van der Waals surface area (Å²) in [6.07, 6.45) is 7.20. The van der Waals surface area contributed by atoms with Crippen molar-refractivity contribution in [3.05, 3.63) is 66.4 Å². The number of hydrogen-bond donors (Lipinski definition) is 2. The number of nitrogens with one attached hydrogen (secondary N) is 1. The predicted octanol–water partition coefficient (Wildman–Crippen LogP) is 3.46. The highest BCUT2D eigenvalue weighted by atomic mass is 16.5. The first-order valence-electron chi connectivity index (χ1n) is 9.50. The molecule has 0 spiro atoms. The van der Waals surface area contributed by atoms with E-state index in [9.17, 15) is 4.79 Å². The van der Waals surface area contributed by atoms with Gasteiger partial charge < -0.3 is 19.7 Å². The lowest BCUT2D eigenvalue weighted by molar-refractivity contribution is -0.122. The Morgan fingerprint density at radius 1 is 1.20 bits per heavy atom. The standard InChI is InChI=1S/C21H24N4O2.CH2O2/c1-4-5-18(20-22-12-13-25(20)2)24-21(26)16-8-6-15(7-9-16)17-10-11-19(27-3)23-14-17;2-1-3/h6-14,18H,4-5H2,1-3H3,(H,24,26);1H,(H,2,3). The summed E-state index contributed by atoms with van der Waals surface area (Å²) in [5.74, 6) is 1.34. The zero-order valence-corrected chi connectivity index (χ0v) is 17.3. The number of pyridine rings is 1. The molecule has 0 aliphatic carbocycles. The highest BCUT2D eigenvalue weighted by Crippen LogP contribution is 2.22. The van der Waals surface area contributed by atoms with Gasteiger partial charge >= 0.3 is 0 Å². The van der Waals surface area contributed by atoms with Crippen LogP contribution in [0.15, 0.2) is 55.0 Å². The molecule has 0 aliphatic heterocycles. The number of carbonyl (C=O) groups is 2. The number of methoxy groups -OCH3 is 1. The second kappa shape index (κ2) is 11.4. The summed E-state index contributed by atoms with van der Waals surface area (Å²) in [6.45, 7) is 1.85. The molecule has 158 valence electrons. The number of carbonyl (C=O) groups excluding carboxylic acids is 1. The van der Waals surface area contributed by atoms with Gasteiger partial charge in [-0.2, -0.15) is 0 Å². The fraction of sp³-hybridized carbons (Fsp3) is 0.273. The van der Waals surface area contributed by atoms with Gasteiger partial charge in [0.2, 0.25) is 5.88 Å². The Balaban J connectivity index is 0.00000101. The van der Waals surface area contributed by atoms with Crippen molar-refractivity contribution < 1.29 is 19.4 Å². The number of imidazole rings is 1. The predicted molar refractivity (Wildman–Crippen MR) is 113 cm³/mol. The molecule has 0 aliphatic rings. The van der Waals surface area contributed by atoms with Crippen molar-refractivity contribution in [1.29, 1.82) is 0 Å². The van der Waals surface area contributed by atoms with Crippen LogP contribution < -0.4 is 10.1 Å². The maximum atomic E-state index is 12.7. The van der Waals surface area contributed by atoms with E-state index in [0.29, 0.717) is 11.4 Å². The molecule has 1 unspecified atom stereocenters. The lowest BCUT2D eigenvalue weighted by Crippen LogP contribution is -2.30. The van der Waals surface area contributed by atoms with E-state index >= 15 is 0 Å². The van der Waals surface area contributed by atoms with Crippen LogP contribution in [0.2, 0.25) is 0 Å². The number of rotatable bonds is 7. The third-order valence-corrected chi connectivity index (χ3v) is 4.48. The highest BCUT2D eigenvalue weighted by molar-refractivity contribution is 5.94. The minimum atomic E-state index is -0.250. The number of nitrogens with zero attached hydrogens (tertiary/aromatic N) is 3. The van der Waals surface area contributed by atoms with E-state index in [1.165, 1.54) is 0 Å². The Morgan fingerprint density at radius 3 is 2.37 bits per heavy atom. The molecule has 30 heavy (non-hydrogen) atoms. The van der Waals surface area contributed by atoms with Gasteiger partial charge in [-0.15, -0.1) is 0 Å². The molecule has 2 aromatic heterocycles. The molecule has 0 radical (unpaired) electrons. The SMILES string of the molecule is CCCC(NC(=O)c1ccc(-c2ccc(OC)nc2)cc1)c1nccn1C.O=CO. The molecular weight excluding hydrogens is 384 g/mol. The Kier molecular flexibility index (Phi) is 8.56. The van der Waals surface area contributed by atoms with Gasteiger partial charge in [0.1, 0.15) is 5.82 Å². The minimum Gasteiger partial charge on any atom is -0.483 e. The minimum absolute atomic E-state index is 0.101.